The van der Waals surface area contributed by atoms with Crippen molar-refractivity contribution in [3.8, 4) is 0 Å². The predicted molar refractivity (Wildman–Crippen MR) is 112 cm³/mol. The van der Waals surface area contributed by atoms with E-state index in [9.17, 15) is 22.4 Å². The highest BCUT2D eigenvalue weighted by molar-refractivity contribution is 7.90. The maximum atomic E-state index is 13.9. The Labute approximate surface area is 173 Å². The highest BCUT2D eigenvalue weighted by Gasteiger charge is 2.26. The van der Waals surface area contributed by atoms with Crippen LogP contribution >= 0.6 is 0 Å². The number of halogens is 1. The number of aliphatic carboxylic acids is 1. The van der Waals surface area contributed by atoms with Crippen LogP contribution in [0.2, 0.25) is 0 Å². The lowest BCUT2D eigenvalue weighted by atomic mass is 10.0. The molecule has 30 heavy (non-hydrogen) atoms. The summed E-state index contributed by atoms with van der Waals surface area (Å²) in [5.74, 6) is -2.06. The Kier molecular flexibility index (Phi) is 5.89. The van der Waals surface area contributed by atoms with Crippen molar-refractivity contribution in [1.82, 2.24) is 5.32 Å². The molecule has 0 saturated heterocycles. The first-order chi connectivity index (χ1) is 14.1. The quantitative estimate of drug-likeness (QED) is 0.735. The lowest BCUT2D eigenvalue weighted by Crippen LogP contribution is -2.29. The zero-order valence-corrected chi connectivity index (χ0v) is 17.2. The van der Waals surface area contributed by atoms with Gasteiger partial charge in [-0.05, 0) is 70.7 Å². The minimum Gasteiger partial charge on any atom is -0.480 e. The third kappa shape index (κ3) is 4.65. The van der Waals surface area contributed by atoms with Crippen LogP contribution in [0.3, 0.4) is 0 Å². The first-order valence-electron chi connectivity index (χ1n) is 9.07. The molecule has 0 bridgehead atoms. The molecule has 2 aromatic rings. The number of carboxylic acid groups (broad SMARTS) is 1. The van der Waals surface area contributed by atoms with E-state index in [1.165, 1.54) is 24.3 Å². The van der Waals surface area contributed by atoms with Crippen molar-refractivity contribution < 1.29 is 27.5 Å². The Hall–Kier alpha value is -3.26. The topological polar surface area (TPSA) is 101 Å². The zero-order valence-electron chi connectivity index (χ0n) is 16.4. The highest BCUT2D eigenvalue weighted by atomic mass is 32.2. The van der Waals surface area contributed by atoms with E-state index in [2.05, 4.69) is 5.32 Å². The monoisotopic (exact) mass is 429 g/mol. The van der Waals surface area contributed by atoms with Gasteiger partial charge >= 0.3 is 5.97 Å². The molecule has 156 valence electrons. The molecule has 0 aliphatic heterocycles. The van der Waals surface area contributed by atoms with E-state index in [0.29, 0.717) is 11.1 Å². The van der Waals surface area contributed by atoms with Crippen LogP contribution in [-0.2, 0) is 19.4 Å². The summed E-state index contributed by atoms with van der Waals surface area (Å²) in [6.07, 6.45) is 2.90. The number of hydrogen-bond donors (Lipinski definition) is 2. The Morgan fingerprint density at radius 1 is 1.10 bits per heavy atom. The van der Waals surface area contributed by atoms with Crippen LogP contribution in [0.1, 0.15) is 30.0 Å². The fourth-order valence-corrected chi connectivity index (χ4v) is 3.99. The molecule has 0 aromatic heterocycles. The molecule has 0 radical (unpaired) electrons. The summed E-state index contributed by atoms with van der Waals surface area (Å²) in [5, 5.41) is 11.0. The maximum Gasteiger partial charge on any atom is 0.322 e. The van der Waals surface area contributed by atoms with Gasteiger partial charge in [-0.25, -0.2) is 12.8 Å². The van der Waals surface area contributed by atoms with Crippen molar-refractivity contribution in [3.63, 3.8) is 0 Å². The van der Waals surface area contributed by atoms with E-state index in [4.69, 9.17) is 5.11 Å². The molecule has 0 saturated carbocycles. The summed E-state index contributed by atoms with van der Waals surface area (Å²) < 4.78 is 37.2. The smallest absolute Gasteiger partial charge is 0.322 e. The van der Waals surface area contributed by atoms with E-state index in [-0.39, 0.29) is 11.3 Å². The van der Waals surface area contributed by atoms with Crippen LogP contribution in [0.15, 0.2) is 52.9 Å². The Morgan fingerprint density at radius 3 is 2.37 bits per heavy atom. The molecule has 0 unspecified atom stereocenters. The van der Waals surface area contributed by atoms with Crippen LogP contribution in [0.25, 0.3) is 17.2 Å². The molecule has 2 N–H and O–H groups in total. The van der Waals surface area contributed by atoms with Gasteiger partial charge in [-0.3, -0.25) is 9.59 Å². The Morgan fingerprint density at radius 2 is 1.77 bits per heavy atom. The van der Waals surface area contributed by atoms with Gasteiger partial charge in [0.15, 0.2) is 9.84 Å². The molecule has 1 aliphatic rings. The summed E-state index contributed by atoms with van der Waals surface area (Å²) in [7, 11) is -3.30. The van der Waals surface area contributed by atoms with Gasteiger partial charge in [0.1, 0.15) is 12.4 Å². The van der Waals surface area contributed by atoms with Gasteiger partial charge in [0.2, 0.25) is 5.91 Å². The second-order valence-electron chi connectivity index (χ2n) is 7.04. The van der Waals surface area contributed by atoms with Crippen molar-refractivity contribution in [2.75, 3.05) is 12.8 Å². The standard InChI is InChI=1S/C22H20FNO5S/c1-13-18(9-14-3-6-16(7-4-14)30(2,28)29)17-8-5-15(23)10-20(17)19(13)11-21(25)24-12-22(26)27/h3-10H,11-12H2,1-2H3,(H,24,25)(H,26,27). The number of benzene rings is 2. The van der Waals surface area contributed by atoms with E-state index in [1.807, 2.05) is 13.0 Å². The lowest BCUT2D eigenvalue weighted by Gasteiger charge is -2.07. The average molecular weight is 429 g/mol. The number of carbonyl (C=O) groups is 2. The Balaban J connectivity index is 2.00. The molecular formula is C22H20FNO5S. The minimum absolute atomic E-state index is 0.0834. The van der Waals surface area contributed by atoms with Crippen molar-refractivity contribution in [1.29, 1.82) is 0 Å². The largest absolute Gasteiger partial charge is 0.480 e. The van der Waals surface area contributed by atoms with Crippen LogP contribution in [-0.4, -0.2) is 38.2 Å². The van der Waals surface area contributed by atoms with Crippen molar-refractivity contribution >= 4 is 38.9 Å². The molecule has 0 spiro atoms. The number of nitrogens with one attached hydrogen (secondary N) is 1. The van der Waals surface area contributed by atoms with Gasteiger partial charge in [-0.15, -0.1) is 0 Å². The summed E-state index contributed by atoms with van der Waals surface area (Å²) in [6.45, 7) is 1.32. The molecule has 0 atom stereocenters. The molecule has 3 rings (SSSR count). The molecule has 1 amide bonds. The Bertz CT molecular complexity index is 1190. The fraction of sp³-hybridized carbons (Fsp3) is 0.182. The van der Waals surface area contributed by atoms with Crippen molar-refractivity contribution in [2.24, 2.45) is 0 Å². The van der Waals surface area contributed by atoms with Gasteiger partial charge in [-0.1, -0.05) is 18.2 Å². The average Bonchev–Trinajstić information content (AvgIpc) is 2.91. The van der Waals surface area contributed by atoms with Crippen molar-refractivity contribution in [2.45, 2.75) is 18.2 Å². The van der Waals surface area contributed by atoms with Crippen molar-refractivity contribution in [3.05, 3.63) is 70.5 Å². The SMILES string of the molecule is CC1=C(CC(=O)NCC(=O)O)c2cc(F)ccc2C1=Cc1ccc(S(C)(=O)=O)cc1. The normalized spacial score (nSPS) is 14.7. The molecule has 1 aliphatic carbocycles. The first-order valence-corrected chi connectivity index (χ1v) is 11.0. The summed E-state index contributed by atoms with van der Waals surface area (Å²) >= 11 is 0. The minimum atomic E-state index is -3.30. The molecule has 8 heteroatoms. The molecule has 6 nitrogen and oxygen atoms in total. The third-order valence-electron chi connectivity index (χ3n) is 4.85. The summed E-state index contributed by atoms with van der Waals surface area (Å²) in [6, 6.07) is 10.7. The first kappa shape index (κ1) is 21.4. The van der Waals surface area contributed by atoms with Crippen LogP contribution < -0.4 is 5.32 Å². The van der Waals surface area contributed by atoms with E-state index in [0.717, 1.165) is 28.5 Å². The number of sulfone groups is 1. The van der Waals surface area contributed by atoms with Crippen LogP contribution in [0.5, 0.6) is 0 Å². The number of fused-ring (bicyclic) bond motifs is 1. The lowest BCUT2D eigenvalue weighted by molar-refractivity contribution is -0.137. The molecule has 2 aromatic carbocycles. The van der Waals surface area contributed by atoms with Gasteiger partial charge < -0.3 is 10.4 Å². The second-order valence-corrected chi connectivity index (χ2v) is 9.06. The van der Waals surface area contributed by atoms with Gasteiger partial charge in [0.25, 0.3) is 0 Å². The van der Waals surface area contributed by atoms with E-state index in [1.54, 1.807) is 18.2 Å². The number of amides is 1. The zero-order chi connectivity index (χ0) is 22.1. The second kappa shape index (κ2) is 8.23. The predicted octanol–water partition coefficient (Wildman–Crippen LogP) is 3.15. The van der Waals surface area contributed by atoms with Gasteiger partial charge in [0.05, 0.1) is 11.3 Å². The van der Waals surface area contributed by atoms with E-state index < -0.39 is 34.1 Å². The number of rotatable bonds is 6. The molecular weight excluding hydrogens is 409 g/mol. The summed E-state index contributed by atoms with van der Waals surface area (Å²) in [5.41, 5.74) is 4.26. The van der Waals surface area contributed by atoms with Crippen LogP contribution in [0.4, 0.5) is 4.39 Å². The van der Waals surface area contributed by atoms with Gasteiger partial charge in [0, 0.05) is 6.26 Å². The number of allylic oxidation sites excluding steroid dienone is 2. The fourth-order valence-electron chi connectivity index (χ4n) is 3.36. The maximum absolute atomic E-state index is 13.9. The molecule has 0 fully saturated rings. The number of carboxylic acids is 1. The summed E-state index contributed by atoms with van der Waals surface area (Å²) in [4.78, 5) is 23.0. The molecule has 0 heterocycles. The third-order valence-corrected chi connectivity index (χ3v) is 5.98. The van der Waals surface area contributed by atoms with Gasteiger partial charge in [-0.2, -0.15) is 0 Å². The number of carbonyl (C=O) groups excluding carboxylic acids is 1. The highest BCUT2D eigenvalue weighted by Crippen LogP contribution is 2.43. The van der Waals surface area contributed by atoms with E-state index >= 15 is 0 Å². The van der Waals surface area contributed by atoms with Crippen LogP contribution in [0, 0.1) is 5.82 Å². The number of hydrogen-bond acceptors (Lipinski definition) is 4.